The molecule has 1 heterocycles. The van der Waals surface area contributed by atoms with E-state index in [-0.39, 0.29) is 5.91 Å². The summed E-state index contributed by atoms with van der Waals surface area (Å²) >= 11 is 0. The molecule has 0 spiro atoms. The van der Waals surface area contributed by atoms with Gasteiger partial charge in [-0.15, -0.1) is 0 Å². The predicted octanol–water partition coefficient (Wildman–Crippen LogP) is 3.35. The fourth-order valence-electron chi connectivity index (χ4n) is 3.73. The smallest absolute Gasteiger partial charge is 0.254 e. The van der Waals surface area contributed by atoms with E-state index in [9.17, 15) is 4.79 Å². The van der Waals surface area contributed by atoms with Crippen molar-refractivity contribution in [3.8, 4) is 6.07 Å². The number of nitrogens with zero attached hydrogens (tertiary/aromatic N) is 2. The number of hydrogen-bond acceptors (Lipinski definition) is 2. The predicted molar refractivity (Wildman–Crippen MR) is 77.2 cm³/mol. The fourth-order valence-corrected chi connectivity index (χ4v) is 3.73. The van der Waals surface area contributed by atoms with Crippen LogP contribution in [0.5, 0.6) is 0 Å². The van der Waals surface area contributed by atoms with Crippen LogP contribution in [0.15, 0.2) is 24.3 Å². The summed E-state index contributed by atoms with van der Waals surface area (Å²) in [6.07, 6.45) is 7.41. The van der Waals surface area contributed by atoms with Crippen LogP contribution < -0.4 is 0 Å². The molecule has 2 atom stereocenters. The van der Waals surface area contributed by atoms with E-state index >= 15 is 0 Å². The Labute approximate surface area is 120 Å². The average Bonchev–Trinajstić information content (AvgIpc) is 2.54. The molecule has 3 rings (SSSR count). The lowest BCUT2D eigenvalue weighted by Crippen LogP contribution is -2.49. The Kier molecular flexibility index (Phi) is 3.73. The minimum absolute atomic E-state index is 0.145. The zero-order chi connectivity index (χ0) is 13.9. The van der Waals surface area contributed by atoms with Gasteiger partial charge in [-0.05, 0) is 55.9 Å². The number of piperidine rings is 1. The lowest BCUT2D eigenvalue weighted by Gasteiger charge is -2.44. The lowest BCUT2D eigenvalue weighted by molar-refractivity contribution is 0.0390. The largest absolute Gasteiger partial charge is 0.335 e. The van der Waals surface area contributed by atoms with Crippen LogP contribution in [0.2, 0.25) is 0 Å². The van der Waals surface area contributed by atoms with Gasteiger partial charge in [-0.2, -0.15) is 5.26 Å². The summed E-state index contributed by atoms with van der Waals surface area (Å²) in [7, 11) is 0. The Balaban J connectivity index is 1.79. The Morgan fingerprint density at radius 1 is 1.10 bits per heavy atom. The van der Waals surface area contributed by atoms with Crippen molar-refractivity contribution in [2.24, 2.45) is 5.92 Å². The van der Waals surface area contributed by atoms with Gasteiger partial charge in [0.1, 0.15) is 0 Å². The molecule has 1 aliphatic heterocycles. The van der Waals surface area contributed by atoms with Crippen molar-refractivity contribution in [2.45, 2.75) is 44.6 Å². The van der Waals surface area contributed by atoms with Crippen LogP contribution in [0.1, 0.15) is 54.4 Å². The van der Waals surface area contributed by atoms with Crippen molar-refractivity contribution in [1.82, 2.24) is 4.90 Å². The molecule has 0 aromatic heterocycles. The summed E-state index contributed by atoms with van der Waals surface area (Å²) in [6, 6.07) is 9.57. The quantitative estimate of drug-likeness (QED) is 0.784. The molecule has 0 radical (unpaired) electrons. The average molecular weight is 268 g/mol. The third kappa shape index (κ3) is 2.43. The van der Waals surface area contributed by atoms with Crippen molar-refractivity contribution in [3.63, 3.8) is 0 Å². The van der Waals surface area contributed by atoms with Crippen LogP contribution in [-0.2, 0) is 0 Å². The van der Waals surface area contributed by atoms with Gasteiger partial charge in [0.25, 0.3) is 5.91 Å². The molecule has 1 saturated carbocycles. The van der Waals surface area contributed by atoms with Crippen molar-refractivity contribution in [3.05, 3.63) is 35.4 Å². The highest BCUT2D eigenvalue weighted by Gasteiger charge is 2.35. The minimum Gasteiger partial charge on any atom is -0.335 e. The summed E-state index contributed by atoms with van der Waals surface area (Å²) in [5.41, 5.74) is 1.32. The second-order valence-electron chi connectivity index (χ2n) is 5.94. The van der Waals surface area contributed by atoms with Crippen molar-refractivity contribution in [1.29, 1.82) is 5.26 Å². The second kappa shape index (κ2) is 5.66. The molecule has 2 aliphatic rings. The Morgan fingerprint density at radius 2 is 1.80 bits per heavy atom. The second-order valence-corrected chi connectivity index (χ2v) is 5.94. The normalized spacial score (nSPS) is 25.6. The summed E-state index contributed by atoms with van der Waals surface area (Å²) in [6.45, 7) is 0.889. The Morgan fingerprint density at radius 3 is 2.55 bits per heavy atom. The molecule has 1 aromatic carbocycles. The molecule has 0 N–H and O–H groups in total. The summed E-state index contributed by atoms with van der Waals surface area (Å²) in [5.74, 6) is 0.853. The number of nitriles is 1. The first kappa shape index (κ1) is 13.2. The molecule has 104 valence electrons. The summed E-state index contributed by atoms with van der Waals surface area (Å²) in [4.78, 5) is 14.8. The Hall–Kier alpha value is -1.82. The lowest BCUT2D eigenvalue weighted by atomic mass is 9.78. The monoisotopic (exact) mass is 268 g/mol. The fraction of sp³-hybridized carbons (Fsp3) is 0.529. The Bertz CT molecular complexity index is 527. The number of amides is 1. The van der Waals surface area contributed by atoms with Gasteiger partial charge in [0, 0.05) is 18.2 Å². The molecular formula is C17H20N2O. The minimum atomic E-state index is 0.145. The zero-order valence-corrected chi connectivity index (χ0v) is 11.7. The van der Waals surface area contributed by atoms with Gasteiger partial charge in [-0.3, -0.25) is 4.79 Å². The van der Waals surface area contributed by atoms with E-state index in [2.05, 4.69) is 11.0 Å². The number of hydrogen-bond donors (Lipinski definition) is 0. The molecule has 1 aliphatic carbocycles. The molecular weight excluding hydrogens is 248 g/mol. The maximum absolute atomic E-state index is 12.7. The molecule has 1 saturated heterocycles. The van der Waals surface area contributed by atoms with E-state index in [1.165, 1.54) is 25.7 Å². The third-order valence-electron chi connectivity index (χ3n) is 4.77. The number of carbonyl (C=O) groups excluding carboxylic acids is 1. The molecule has 0 unspecified atom stereocenters. The van der Waals surface area contributed by atoms with E-state index in [1.807, 2.05) is 0 Å². The maximum atomic E-state index is 12.7. The molecule has 2 fully saturated rings. The number of fused-ring (bicyclic) bond motifs is 1. The van der Waals surface area contributed by atoms with Gasteiger partial charge >= 0.3 is 0 Å². The van der Waals surface area contributed by atoms with E-state index in [4.69, 9.17) is 5.26 Å². The highest BCUT2D eigenvalue weighted by atomic mass is 16.2. The topological polar surface area (TPSA) is 44.1 Å². The van der Waals surface area contributed by atoms with E-state index < -0.39 is 0 Å². The van der Waals surface area contributed by atoms with E-state index in [0.29, 0.717) is 17.5 Å². The van der Waals surface area contributed by atoms with Crippen molar-refractivity contribution >= 4 is 5.91 Å². The zero-order valence-electron chi connectivity index (χ0n) is 11.7. The van der Waals surface area contributed by atoms with Crippen LogP contribution in [0.25, 0.3) is 0 Å². The number of carbonyl (C=O) groups is 1. The van der Waals surface area contributed by atoms with Crippen LogP contribution in [-0.4, -0.2) is 23.4 Å². The first-order valence-electron chi connectivity index (χ1n) is 7.61. The number of rotatable bonds is 1. The molecule has 3 nitrogen and oxygen atoms in total. The van der Waals surface area contributed by atoms with Crippen LogP contribution in [0.4, 0.5) is 0 Å². The van der Waals surface area contributed by atoms with Gasteiger partial charge in [0.15, 0.2) is 0 Å². The first-order valence-corrected chi connectivity index (χ1v) is 7.61. The van der Waals surface area contributed by atoms with Crippen molar-refractivity contribution < 1.29 is 4.79 Å². The molecule has 1 amide bonds. The molecule has 20 heavy (non-hydrogen) atoms. The summed E-state index contributed by atoms with van der Waals surface area (Å²) < 4.78 is 0. The molecule has 0 bridgehead atoms. The number of benzene rings is 1. The summed E-state index contributed by atoms with van der Waals surface area (Å²) in [5, 5.41) is 8.82. The number of likely N-dealkylation sites (tertiary alicyclic amines) is 1. The molecule has 1 aromatic rings. The highest BCUT2D eigenvalue weighted by molar-refractivity contribution is 5.94. The van der Waals surface area contributed by atoms with Gasteiger partial charge < -0.3 is 4.90 Å². The SMILES string of the molecule is N#Cc1ccc(C(=O)N2CCC[C@H]3CCCC[C@H]32)cc1. The van der Waals surface area contributed by atoms with Gasteiger partial charge in [0.2, 0.25) is 0 Å². The van der Waals surface area contributed by atoms with Crippen LogP contribution in [0.3, 0.4) is 0 Å². The van der Waals surface area contributed by atoms with Gasteiger partial charge in [-0.25, -0.2) is 0 Å². The highest BCUT2D eigenvalue weighted by Crippen LogP contribution is 2.35. The van der Waals surface area contributed by atoms with Gasteiger partial charge in [-0.1, -0.05) is 12.8 Å². The molecule has 3 heteroatoms. The van der Waals surface area contributed by atoms with E-state index in [0.717, 1.165) is 24.9 Å². The third-order valence-corrected chi connectivity index (χ3v) is 4.77. The van der Waals surface area contributed by atoms with E-state index in [1.54, 1.807) is 24.3 Å². The van der Waals surface area contributed by atoms with Crippen molar-refractivity contribution in [2.75, 3.05) is 6.54 Å². The van der Waals surface area contributed by atoms with Crippen LogP contribution in [0, 0.1) is 17.2 Å². The first-order chi connectivity index (χ1) is 9.79. The maximum Gasteiger partial charge on any atom is 0.254 e. The van der Waals surface area contributed by atoms with Gasteiger partial charge in [0.05, 0.1) is 11.6 Å². The van der Waals surface area contributed by atoms with Crippen LogP contribution >= 0.6 is 0 Å². The standard InChI is InChI=1S/C17H20N2O/c18-12-13-7-9-15(10-8-13)17(20)19-11-3-5-14-4-1-2-6-16(14)19/h7-10,14,16H,1-6,11H2/t14-,16-/m1/s1.